The number of piperazine rings is 1. The van der Waals surface area contributed by atoms with Crippen LogP contribution in [0.1, 0.15) is 30.5 Å². The van der Waals surface area contributed by atoms with Crippen LogP contribution in [0.3, 0.4) is 0 Å². The van der Waals surface area contributed by atoms with Crippen molar-refractivity contribution in [2.24, 2.45) is 4.99 Å². The topological polar surface area (TPSA) is 91.0 Å². The van der Waals surface area contributed by atoms with Gasteiger partial charge in [0, 0.05) is 51.3 Å². The number of benzene rings is 1. The van der Waals surface area contributed by atoms with E-state index in [1.165, 1.54) is 35.4 Å². The summed E-state index contributed by atoms with van der Waals surface area (Å²) in [6.07, 6.45) is 4.99. The van der Waals surface area contributed by atoms with Gasteiger partial charge in [0.2, 0.25) is 10.0 Å². The zero-order valence-corrected chi connectivity index (χ0v) is 18.1. The summed E-state index contributed by atoms with van der Waals surface area (Å²) in [7, 11) is -1.62. The van der Waals surface area contributed by atoms with Gasteiger partial charge in [0.25, 0.3) is 0 Å². The van der Waals surface area contributed by atoms with Crippen LogP contribution < -0.4 is 5.32 Å². The van der Waals surface area contributed by atoms with Crippen LogP contribution in [0, 0.1) is 0 Å². The van der Waals surface area contributed by atoms with E-state index in [2.05, 4.69) is 50.7 Å². The molecular weight excluding hydrogens is 402 g/mol. The first-order valence-electron chi connectivity index (χ1n) is 10.4. The number of aromatic nitrogens is 1. The molecule has 1 aliphatic carbocycles. The molecule has 0 unspecified atom stereocenters. The first kappa shape index (κ1) is 20.9. The number of sulfonamides is 1. The monoisotopic (exact) mass is 431 g/mol. The SMILES string of the molecule is CN=C(NCC1(c2ccccc2)CCC1)N1CCN(S(=O)(=O)Cc2ccon2)CC1. The van der Waals surface area contributed by atoms with Gasteiger partial charge in [0.05, 0.1) is 5.69 Å². The lowest BCUT2D eigenvalue weighted by molar-refractivity contribution is 0.231. The van der Waals surface area contributed by atoms with Gasteiger partial charge in [-0.1, -0.05) is 41.9 Å². The van der Waals surface area contributed by atoms with Crippen molar-refractivity contribution >= 4 is 16.0 Å². The highest BCUT2D eigenvalue weighted by atomic mass is 32.2. The Balaban J connectivity index is 1.33. The normalized spacial score (nSPS) is 20.0. The van der Waals surface area contributed by atoms with Gasteiger partial charge >= 0.3 is 0 Å². The summed E-state index contributed by atoms with van der Waals surface area (Å²) in [6, 6.07) is 12.3. The van der Waals surface area contributed by atoms with E-state index < -0.39 is 10.0 Å². The van der Waals surface area contributed by atoms with E-state index in [-0.39, 0.29) is 11.2 Å². The zero-order valence-electron chi connectivity index (χ0n) is 17.3. The molecule has 2 aliphatic rings. The van der Waals surface area contributed by atoms with Crippen LogP contribution in [0.5, 0.6) is 0 Å². The van der Waals surface area contributed by atoms with E-state index in [4.69, 9.17) is 4.52 Å². The number of aliphatic imine (C=N–C) groups is 1. The van der Waals surface area contributed by atoms with Crippen LogP contribution in [0.15, 0.2) is 52.2 Å². The molecule has 1 saturated heterocycles. The molecule has 0 radical (unpaired) electrons. The molecule has 2 fully saturated rings. The van der Waals surface area contributed by atoms with Crippen molar-refractivity contribution in [2.45, 2.75) is 30.4 Å². The Morgan fingerprint density at radius 3 is 2.47 bits per heavy atom. The van der Waals surface area contributed by atoms with Crippen molar-refractivity contribution in [2.75, 3.05) is 39.8 Å². The van der Waals surface area contributed by atoms with Gasteiger partial charge in [0.1, 0.15) is 12.0 Å². The summed E-state index contributed by atoms with van der Waals surface area (Å²) >= 11 is 0. The number of hydrogen-bond donors (Lipinski definition) is 1. The standard InChI is InChI=1S/C21H29N5O3S/c1-22-20(23-17-21(9-5-10-21)18-6-3-2-4-7-18)25-11-13-26(14-12-25)30(27,28)16-19-8-15-29-24-19/h2-4,6-8,15H,5,9-14,16-17H2,1H3,(H,22,23). The van der Waals surface area contributed by atoms with E-state index in [9.17, 15) is 8.42 Å². The summed E-state index contributed by atoms with van der Waals surface area (Å²) in [5.41, 5.74) is 1.98. The van der Waals surface area contributed by atoms with Gasteiger partial charge < -0.3 is 14.7 Å². The third kappa shape index (κ3) is 4.37. The molecule has 9 heteroatoms. The first-order chi connectivity index (χ1) is 14.5. The van der Waals surface area contributed by atoms with Crippen LogP contribution >= 0.6 is 0 Å². The molecule has 1 N–H and O–H groups in total. The minimum absolute atomic E-state index is 0.129. The molecule has 0 spiro atoms. The minimum atomic E-state index is -3.40. The van der Waals surface area contributed by atoms with E-state index in [1.54, 1.807) is 13.1 Å². The summed E-state index contributed by atoms with van der Waals surface area (Å²) in [5.74, 6) is 0.710. The number of rotatable bonds is 6. The van der Waals surface area contributed by atoms with Crippen molar-refractivity contribution in [3.8, 4) is 0 Å². The van der Waals surface area contributed by atoms with Crippen molar-refractivity contribution in [1.29, 1.82) is 0 Å². The molecular formula is C21H29N5O3S. The average molecular weight is 432 g/mol. The molecule has 2 aromatic rings. The van der Waals surface area contributed by atoms with Crippen molar-refractivity contribution in [3.05, 3.63) is 53.9 Å². The molecule has 30 heavy (non-hydrogen) atoms. The van der Waals surface area contributed by atoms with Crippen LogP contribution in [0.4, 0.5) is 0 Å². The molecule has 1 aromatic heterocycles. The average Bonchev–Trinajstić information content (AvgIpc) is 3.23. The van der Waals surface area contributed by atoms with Gasteiger partial charge in [-0.25, -0.2) is 8.42 Å². The summed E-state index contributed by atoms with van der Waals surface area (Å²) < 4.78 is 31.6. The second-order valence-corrected chi connectivity index (χ2v) is 10.0. The maximum absolute atomic E-state index is 12.6. The van der Waals surface area contributed by atoms with E-state index in [0.717, 1.165) is 12.5 Å². The lowest BCUT2D eigenvalue weighted by Gasteiger charge is -2.44. The fraction of sp³-hybridized carbons (Fsp3) is 0.524. The molecule has 2 heterocycles. The Labute approximate surface area is 178 Å². The number of nitrogens with zero attached hydrogens (tertiary/aromatic N) is 4. The summed E-state index contributed by atoms with van der Waals surface area (Å²) in [4.78, 5) is 6.59. The predicted molar refractivity (Wildman–Crippen MR) is 116 cm³/mol. The molecule has 0 atom stereocenters. The van der Waals surface area contributed by atoms with Gasteiger partial charge in [0.15, 0.2) is 5.96 Å². The third-order valence-corrected chi connectivity index (χ3v) is 8.06. The largest absolute Gasteiger partial charge is 0.364 e. The maximum atomic E-state index is 12.6. The molecule has 1 aliphatic heterocycles. The Morgan fingerprint density at radius 1 is 1.17 bits per heavy atom. The Bertz CT molecular complexity index is 948. The molecule has 0 amide bonds. The van der Waals surface area contributed by atoms with E-state index in [0.29, 0.717) is 31.9 Å². The molecule has 1 aromatic carbocycles. The Hall–Kier alpha value is -2.39. The first-order valence-corrected chi connectivity index (χ1v) is 12.0. The summed E-state index contributed by atoms with van der Waals surface area (Å²) in [6.45, 7) is 2.93. The fourth-order valence-electron chi connectivity index (χ4n) is 4.31. The Morgan fingerprint density at radius 2 is 1.90 bits per heavy atom. The summed E-state index contributed by atoms with van der Waals surface area (Å²) in [5, 5.41) is 7.27. The van der Waals surface area contributed by atoms with Crippen LogP contribution in [0.25, 0.3) is 0 Å². The molecule has 1 saturated carbocycles. The number of guanidine groups is 1. The fourth-order valence-corrected chi connectivity index (χ4v) is 5.74. The van der Waals surface area contributed by atoms with Crippen LogP contribution in [-0.4, -0.2) is 68.5 Å². The highest BCUT2D eigenvalue weighted by Crippen LogP contribution is 2.43. The quantitative estimate of drug-likeness (QED) is 0.554. The highest BCUT2D eigenvalue weighted by Gasteiger charge is 2.39. The third-order valence-electron chi connectivity index (χ3n) is 6.25. The number of hydrogen-bond acceptors (Lipinski definition) is 5. The van der Waals surface area contributed by atoms with Crippen molar-refractivity contribution < 1.29 is 12.9 Å². The zero-order chi connectivity index (χ0) is 21.0. The molecule has 162 valence electrons. The predicted octanol–water partition coefficient (Wildman–Crippen LogP) is 1.82. The van der Waals surface area contributed by atoms with Crippen molar-refractivity contribution in [1.82, 2.24) is 19.7 Å². The van der Waals surface area contributed by atoms with Gasteiger partial charge in [-0.3, -0.25) is 4.99 Å². The Kier molecular flexibility index (Phi) is 6.10. The second-order valence-electron chi connectivity index (χ2n) is 8.03. The van der Waals surface area contributed by atoms with Crippen molar-refractivity contribution in [3.63, 3.8) is 0 Å². The van der Waals surface area contributed by atoms with Crippen LogP contribution in [-0.2, 0) is 21.2 Å². The molecule has 8 nitrogen and oxygen atoms in total. The maximum Gasteiger partial charge on any atom is 0.220 e. The van der Waals surface area contributed by atoms with E-state index >= 15 is 0 Å². The smallest absolute Gasteiger partial charge is 0.220 e. The molecule has 4 rings (SSSR count). The van der Waals surface area contributed by atoms with E-state index in [1.807, 2.05) is 0 Å². The van der Waals surface area contributed by atoms with Gasteiger partial charge in [-0.2, -0.15) is 4.31 Å². The van der Waals surface area contributed by atoms with Gasteiger partial charge in [-0.05, 0) is 18.4 Å². The van der Waals surface area contributed by atoms with Gasteiger partial charge in [-0.15, -0.1) is 0 Å². The number of nitrogens with one attached hydrogen (secondary N) is 1. The molecule has 0 bridgehead atoms. The lowest BCUT2D eigenvalue weighted by Crippen LogP contribution is -2.56. The minimum Gasteiger partial charge on any atom is -0.364 e. The highest BCUT2D eigenvalue weighted by molar-refractivity contribution is 7.88. The van der Waals surface area contributed by atoms with Crippen LogP contribution in [0.2, 0.25) is 0 Å². The lowest BCUT2D eigenvalue weighted by atomic mass is 9.64. The second kappa shape index (κ2) is 8.77.